The van der Waals surface area contributed by atoms with E-state index in [0.717, 1.165) is 41.5 Å². The van der Waals surface area contributed by atoms with Crippen LogP contribution in [0.5, 0.6) is 0 Å². The van der Waals surface area contributed by atoms with Gasteiger partial charge in [0, 0.05) is 46.6 Å². The van der Waals surface area contributed by atoms with E-state index in [1.807, 2.05) is 30.5 Å². The zero-order valence-corrected chi connectivity index (χ0v) is 20.5. The molecule has 0 aliphatic carbocycles. The predicted octanol–water partition coefficient (Wildman–Crippen LogP) is 6.05. The number of aromatic nitrogens is 2. The van der Waals surface area contributed by atoms with Gasteiger partial charge in [0.15, 0.2) is 0 Å². The van der Waals surface area contributed by atoms with Crippen LogP contribution in [0.3, 0.4) is 0 Å². The Hall–Kier alpha value is -2.67. The Bertz CT molecular complexity index is 1200. The Morgan fingerprint density at radius 1 is 1.18 bits per heavy atom. The van der Waals surface area contributed by atoms with Crippen molar-refractivity contribution < 1.29 is 4.79 Å². The van der Waals surface area contributed by atoms with E-state index in [1.165, 1.54) is 27.8 Å². The SMILES string of the molecule is CC[C@@H](C)NC(=O)c1csc(CN(CCc2c[nH]c3ccccc23)Cc2ccc(Cl)cc2)n1. The fourth-order valence-corrected chi connectivity index (χ4v) is 4.70. The molecule has 2 heterocycles. The van der Waals surface area contributed by atoms with Crippen LogP contribution in [0.25, 0.3) is 10.9 Å². The third kappa shape index (κ3) is 6.22. The van der Waals surface area contributed by atoms with Gasteiger partial charge in [-0.25, -0.2) is 4.98 Å². The topological polar surface area (TPSA) is 61.0 Å². The summed E-state index contributed by atoms with van der Waals surface area (Å²) in [5.41, 5.74) is 4.16. The van der Waals surface area contributed by atoms with E-state index in [-0.39, 0.29) is 11.9 Å². The molecule has 2 aromatic heterocycles. The number of rotatable bonds is 10. The molecule has 4 rings (SSSR count). The van der Waals surface area contributed by atoms with Gasteiger partial charge in [0.05, 0.1) is 6.54 Å². The molecular formula is C26H29ClN4OS. The molecule has 4 aromatic rings. The maximum absolute atomic E-state index is 12.4. The smallest absolute Gasteiger partial charge is 0.270 e. The summed E-state index contributed by atoms with van der Waals surface area (Å²) in [4.78, 5) is 22.8. The molecule has 0 fully saturated rings. The third-order valence-corrected chi connectivity index (χ3v) is 6.91. The second-order valence-electron chi connectivity index (χ2n) is 8.36. The molecule has 0 spiro atoms. The normalized spacial score (nSPS) is 12.4. The molecule has 1 atom stereocenters. The number of H-pyrrole nitrogens is 1. The molecule has 7 heteroatoms. The summed E-state index contributed by atoms with van der Waals surface area (Å²) < 4.78 is 0. The van der Waals surface area contributed by atoms with E-state index in [4.69, 9.17) is 11.6 Å². The fraction of sp³-hybridized carbons (Fsp3) is 0.308. The Balaban J connectivity index is 1.48. The number of thiazole rings is 1. The fourth-order valence-electron chi connectivity index (χ4n) is 3.76. The van der Waals surface area contributed by atoms with Crippen molar-refractivity contribution >= 4 is 39.7 Å². The number of amides is 1. The van der Waals surface area contributed by atoms with E-state index in [1.54, 1.807) is 0 Å². The first-order chi connectivity index (χ1) is 16.0. The molecule has 0 bridgehead atoms. The largest absolute Gasteiger partial charge is 0.361 e. The first-order valence-electron chi connectivity index (χ1n) is 11.3. The lowest BCUT2D eigenvalue weighted by atomic mass is 10.1. The molecule has 172 valence electrons. The number of aromatic amines is 1. The van der Waals surface area contributed by atoms with Crippen molar-refractivity contribution in [3.05, 3.63) is 87.0 Å². The summed E-state index contributed by atoms with van der Waals surface area (Å²) in [6, 6.07) is 16.5. The summed E-state index contributed by atoms with van der Waals surface area (Å²) in [5.74, 6) is -0.102. The third-order valence-electron chi connectivity index (χ3n) is 5.82. The first-order valence-corrected chi connectivity index (χ1v) is 12.5. The number of carbonyl (C=O) groups excluding carboxylic acids is 1. The highest BCUT2D eigenvalue weighted by atomic mass is 35.5. The second-order valence-corrected chi connectivity index (χ2v) is 9.73. The summed E-state index contributed by atoms with van der Waals surface area (Å²) in [6.45, 7) is 6.40. The standard InChI is InChI=1S/C26H29ClN4OS/c1-3-18(2)29-26(32)24-17-33-25(30-24)16-31(15-19-8-10-21(27)11-9-19)13-12-20-14-28-23-7-5-4-6-22(20)23/h4-11,14,17-18,28H,3,12-13,15-16H2,1-2H3,(H,29,32)/t18-/m1/s1. The van der Waals surface area contributed by atoms with Crippen LogP contribution in [0.2, 0.25) is 5.02 Å². The second kappa shape index (κ2) is 11.0. The van der Waals surface area contributed by atoms with Gasteiger partial charge in [0.25, 0.3) is 5.91 Å². The number of fused-ring (bicyclic) bond motifs is 1. The summed E-state index contributed by atoms with van der Waals surface area (Å²) in [7, 11) is 0. The minimum absolute atomic E-state index is 0.102. The van der Waals surface area contributed by atoms with E-state index < -0.39 is 0 Å². The Labute approximate surface area is 203 Å². The van der Waals surface area contributed by atoms with E-state index in [9.17, 15) is 4.79 Å². The van der Waals surface area contributed by atoms with Crippen molar-refractivity contribution in [1.29, 1.82) is 0 Å². The van der Waals surface area contributed by atoms with Gasteiger partial charge in [-0.05, 0) is 49.1 Å². The average molecular weight is 481 g/mol. The predicted molar refractivity (Wildman–Crippen MR) is 137 cm³/mol. The highest BCUT2D eigenvalue weighted by molar-refractivity contribution is 7.09. The van der Waals surface area contributed by atoms with Crippen molar-refractivity contribution in [2.24, 2.45) is 0 Å². The van der Waals surface area contributed by atoms with Crippen molar-refractivity contribution in [3.63, 3.8) is 0 Å². The monoisotopic (exact) mass is 480 g/mol. The lowest BCUT2D eigenvalue weighted by molar-refractivity contribution is 0.0934. The van der Waals surface area contributed by atoms with Gasteiger partial charge in [0.2, 0.25) is 0 Å². The van der Waals surface area contributed by atoms with Gasteiger partial charge in [-0.3, -0.25) is 9.69 Å². The molecule has 0 saturated heterocycles. The average Bonchev–Trinajstić information content (AvgIpc) is 3.46. The number of nitrogens with one attached hydrogen (secondary N) is 2. The molecular weight excluding hydrogens is 452 g/mol. The maximum Gasteiger partial charge on any atom is 0.270 e. The van der Waals surface area contributed by atoms with Crippen LogP contribution >= 0.6 is 22.9 Å². The molecule has 0 saturated carbocycles. The highest BCUT2D eigenvalue weighted by Crippen LogP contribution is 2.21. The van der Waals surface area contributed by atoms with Crippen molar-refractivity contribution in [2.75, 3.05) is 6.54 Å². The molecule has 1 amide bonds. The minimum atomic E-state index is -0.102. The molecule has 0 aliphatic heterocycles. The number of para-hydroxylation sites is 1. The van der Waals surface area contributed by atoms with Gasteiger partial charge in [-0.1, -0.05) is 48.9 Å². The van der Waals surface area contributed by atoms with Crippen molar-refractivity contribution in [3.8, 4) is 0 Å². The first kappa shape index (κ1) is 23.5. The lowest BCUT2D eigenvalue weighted by Gasteiger charge is -2.21. The van der Waals surface area contributed by atoms with Crippen molar-refractivity contribution in [1.82, 2.24) is 20.2 Å². The van der Waals surface area contributed by atoms with Gasteiger partial charge >= 0.3 is 0 Å². The molecule has 2 N–H and O–H groups in total. The van der Waals surface area contributed by atoms with Crippen LogP contribution in [-0.4, -0.2) is 33.4 Å². The Kier molecular flexibility index (Phi) is 7.81. The summed E-state index contributed by atoms with van der Waals surface area (Å²) in [6.07, 6.45) is 3.92. The quantitative estimate of drug-likeness (QED) is 0.290. The van der Waals surface area contributed by atoms with Crippen LogP contribution in [0.15, 0.2) is 60.1 Å². The number of hydrogen-bond donors (Lipinski definition) is 2. The molecule has 5 nitrogen and oxygen atoms in total. The van der Waals surface area contributed by atoms with Crippen molar-refractivity contribution in [2.45, 2.75) is 45.8 Å². The Morgan fingerprint density at radius 3 is 2.76 bits per heavy atom. The van der Waals surface area contributed by atoms with E-state index in [0.29, 0.717) is 12.2 Å². The van der Waals surface area contributed by atoms with Gasteiger partial charge in [0.1, 0.15) is 10.7 Å². The number of hydrogen-bond acceptors (Lipinski definition) is 4. The van der Waals surface area contributed by atoms with Crippen LogP contribution in [-0.2, 0) is 19.5 Å². The Morgan fingerprint density at radius 2 is 1.97 bits per heavy atom. The van der Waals surface area contributed by atoms with Crippen LogP contribution in [0, 0.1) is 0 Å². The maximum atomic E-state index is 12.4. The zero-order valence-electron chi connectivity index (χ0n) is 19.0. The summed E-state index contributed by atoms with van der Waals surface area (Å²) in [5, 5.41) is 7.79. The molecule has 33 heavy (non-hydrogen) atoms. The van der Waals surface area contributed by atoms with Gasteiger partial charge in [-0.15, -0.1) is 11.3 Å². The van der Waals surface area contributed by atoms with Crippen LogP contribution in [0.4, 0.5) is 0 Å². The van der Waals surface area contributed by atoms with Gasteiger partial charge < -0.3 is 10.3 Å². The molecule has 2 aromatic carbocycles. The number of benzene rings is 2. The number of carbonyl (C=O) groups is 1. The molecule has 0 radical (unpaired) electrons. The summed E-state index contributed by atoms with van der Waals surface area (Å²) >= 11 is 7.62. The molecule has 0 aliphatic rings. The number of halogens is 1. The minimum Gasteiger partial charge on any atom is -0.361 e. The highest BCUT2D eigenvalue weighted by Gasteiger charge is 2.16. The van der Waals surface area contributed by atoms with Crippen LogP contribution in [0.1, 0.15) is 46.9 Å². The molecule has 0 unspecified atom stereocenters. The van der Waals surface area contributed by atoms with Gasteiger partial charge in [-0.2, -0.15) is 0 Å². The number of nitrogens with zero attached hydrogens (tertiary/aromatic N) is 2. The van der Waals surface area contributed by atoms with E-state index >= 15 is 0 Å². The lowest BCUT2D eigenvalue weighted by Crippen LogP contribution is -2.32. The van der Waals surface area contributed by atoms with Crippen LogP contribution < -0.4 is 5.32 Å². The van der Waals surface area contributed by atoms with E-state index in [2.05, 4.69) is 63.6 Å². The zero-order chi connectivity index (χ0) is 23.2.